The normalized spacial score (nSPS) is 13.9. The van der Waals surface area contributed by atoms with E-state index in [0.717, 1.165) is 42.5 Å². The molecule has 0 aromatic carbocycles. The highest BCUT2D eigenvalue weighted by molar-refractivity contribution is 5.54. The quantitative estimate of drug-likeness (QED) is 0.889. The van der Waals surface area contributed by atoms with Crippen LogP contribution in [0.3, 0.4) is 0 Å². The number of pyridine rings is 1. The molecule has 0 fully saturated rings. The highest BCUT2D eigenvalue weighted by atomic mass is 16.5. The molecule has 0 spiro atoms. The van der Waals surface area contributed by atoms with Gasteiger partial charge in [-0.25, -0.2) is 9.97 Å². The fourth-order valence-corrected chi connectivity index (χ4v) is 2.38. The number of nitrogens with one attached hydrogen (secondary N) is 1. The van der Waals surface area contributed by atoms with Gasteiger partial charge in [-0.05, 0) is 31.7 Å². The molecule has 0 saturated carbocycles. The molecule has 0 amide bonds. The van der Waals surface area contributed by atoms with Crippen LogP contribution in [0.2, 0.25) is 0 Å². The maximum Gasteiger partial charge on any atom is 0.254 e. The molecule has 5 heteroatoms. The fourth-order valence-electron chi connectivity index (χ4n) is 2.38. The molecule has 0 unspecified atom stereocenters. The molecule has 0 saturated heterocycles. The smallest absolute Gasteiger partial charge is 0.254 e. The summed E-state index contributed by atoms with van der Waals surface area (Å²) in [5.74, 6) is 1.13. The van der Waals surface area contributed by atoms with Crippen LogP contribution < -0.4 is 10.3 Å². The third-order valence-electron chi connectivity index (χ3n) is 3.41. The van der Waals surface area contributed by atoms with Crippen LogP contribution in [0, 0.1) is 0 Å². The summed E-state index contributed by atoms with van der Waals surface area (Å²) in [6, 6.07) is 3.61. The first-order valence-corrected chi connectivity index (χ1v) is 6.40. The summed E-state index contributed by atoms with van der Waals surface area (Å²) >= 11 is 0. The van der Waals surface area contributed by atoms with Crippen molar-refractivity contribution in [3.63, 3.8) is 0 Å². The predicted octanol–water partition coefficient (Wildman–Crippen LogP) is 1.72. The van der Waals surface area contributed by atoms with E-state index in [0.29, 0.717) is 11.7 Å². The van der Waals surface area contributed by atoms with Gasteiger partial charge in [-0.1, -0.05) is 0 Å². The Morgan fingerprint density at radius 3 is 2.84 bits per heavy atom. The maximum absolute atomic E-state index is 12.0. The SMILES string of the molecule is COc1ccc(-c2nc3c(c(=O)[nH]2)CCCC3)cn1. The maximum atomic E-state index is 12.0. The van der Waals surface area contributed by atoms with Crippen molar-refractivity contribution in [3.05, 3.63) is 39.9 Å². The Morgan fingerprint density at radius 1 is 1.26 bits per heavy atom. The predicted molar refractivity (Wildman–Crippen MR) is 71.3 cm³/mol. The number of aromatic nitrogens is 3. The van der Waals surface area contributed by atoms with E-state index in [2.05, 4.69) is 15.0 Å². The van der Waals surface area contributed by atoms with Crippen molar-refractivity contribution in [2.75, 3.05) is 7.11 Å². The average Bonchev–Trinajstić information content (AvgIpc) is 2.47. The zero-order valence-electron chi connectivity index (χ0n) is 10.8. The third kappa shape index (κ3) is 2.23. The molecule has 5 nitrogen and oxygen atoms in total. The van der Waals surface area contributed by atoms with E-state index in [9.17, 15) is 4.79 Å². The van der Waals surface area contributed by atoms with Crippen molar-refractivity contribution >= 4 is 0 Å². The Morgan fingerprint density at radius 2 is 2.11 bits per heavy atom. The monoisotopic (exact) mass is 257 g/mol. The van der Waals surface area contributed by atoms with E-state index in [1.165, 1.54) is 0 Å². The Labute approximate surface area is 110 Å². The molecule has 19 heavy (non-hydrogen) atoms. The Bertz CT molecular complexity index is 647. The number of fused-ring (bicyclic) bond motifs is 1. The Kier molecular flexibility index (Phi) is 3.03. The molecule has 1 N–H and O–H groups in total. The molecule has 0 bridgehead atoms. The minimum absolute atomic E-state index is 0.0180. The van der Waals surface area contributed by atoms with Gasteiger partial charge in [0.1, 0.15) is 5.82 Å². The van der Waals surface area contributed by atoms with Gasteiger partial charge in [0.2, 0.25) is 5.88 Å². The Hall–Kier alpha value is -2.17. The molecule has 1 aliphatic rings. The number of rotatable bonds is 2. The van der Waals surface area contributed by atoms with Crippen LogP contribution in [0.1, 0.15) is 24.1 Å². The summed E-state index contributed by atoms with van der Waals surface area (Å²) in [5, 5.41) is 0. The molecule has 98 valence electrons. The zero-order valence-corrected chi connectivity index (χ0v) is 10.8. The highest BCUT2D eigenvalue weighted by Crippen LogP contribution is 2.20. The van der Waals surface area contributed by atoms with E-state index in [1.807, 2.05) is 6.07 Å². The van der Waals surface area contributed by atoms with Crippen molar-refractivity contribution in [1.29, 1.82) is 0 Å². The van der Waals surface area contributed by atoms with Gasteiger partial charge in [-0.15, -0.1) is 0 Å². The van der Waals surface area contributed by atoms with Crippen molar-refractivity contribution in [2.45, 2.75) is 25.7 Å². The van der Waals surface area contributed by atoms with Crippen molar-refractivity contribution in [1.82, 2.24) is 15.0 Å². The lowest BCUT2D eigenvalue weighted by atomic mass is 9.97. The van der Waals surface area contributed by atoms with Crippen LogP contribution in [0.25, 0.3) is 11.4 Å². The fraction of sp³-hybridized carbons (Fsp3) is 0.357. The second-order valence-electron chi connectivity index (χ2n) is 4.64. The number of aromatic amines is 1. The number of H-pyrrole nitrogens is 1. The van der Waals surface area contributed by atoms with Gasteiger partial charge in [0.15, 0.2) is 0 Å². The summed E-state index contributed by atoms with van der Waals surface area (Å²) in [5.41, 5.74) is 2.55. The summed E-state index contributed by atoms with van der Waals surface area (Å²) in [4.78, 5) is 23.6. The number of aryl methyl sites for hydroxylation is 1. The van der Waals surface area contributed by atoms with Crippen LogP contribution in [0.5, 0.6) is 5.88 Å². The summed E-state index contributed by atoms with van der Waals surface area (Å²) in [7, 11) is 1.57. The molecular weight excluding hydrogens is 242 g/mol. The Balaban J connectivity index is 2.05. The van der Waals surface area contributed by atoms with E-state index in [-0.39, 0.29) is 5.56 Å². The van der Waals surface area contributed by atoms with Crippen molar-refractivity contribution in [3.8, 4) is 17.3 Å². The molecule has 2 aromatic heterocycles. The summed E-state index contributed by atoms with van der Waals surface area (Å²) in [6.45, 7) is 0. The molecule has 0 atom stereocenters. The van der Waals surface area contributed by atoms with E-state index >= 15 is 0 Å². The van der Waals surface area contributed by atoms with E-state index in [1.54, 1.807) is 19.4 Å². The van der Waals surface area contributed by atoms with Gasteiger partial charge in [0.05, 0.1) is 12.8 Å². The second kappa shape index (κ2) is 4.84. The van der Waals surface area contributed by atoms with Gasteiger partial charge >= 0.3 is 0 Å². The molecular formula is C14H15N3O2. The van der Waals surface area contributed by atoms with Gasteiger partial charge in [-0.3, -0.25) is 4.79 Å². The summed E-state index contributed by atoms with van der Waals surface area (Å²) < 4.78 is 5.02. The number of nitrogens with zero attached hydrogens (tertiary/aromatic N) is 2. The third-order valence-corrected chi connectivity index (χ3v) is 3.41. The first-order chi connectivity index (χ1) is 9.28. The van der Waals surface area contributed by atoms with Crippen LogP contribution >= 0.6 is 0 Å². The van der Waals surface area contributed by atoms with Crippen LogP contribution in [0.15, 0.2) is 23.1 Å². The largest absolute Gasteiger partial charge is 0.481 e. The van der Waals surface area contributed by atoms with E-state index < -0.39 is 0 Å². The topological polar surface area (TPSA) is 67.9 Å². The molecule has 2 aromatic rings. The number of hydrogen-bond donors (Lipinski definition) is 1. The standard InChI is InChI=1S/C14H15N3O2/c1-19-12-7-6-9(8-15-12)13-16-11-5-3-2-4-10(11)14(18)17-13/h6-8H,2-5H2,1H3,(H,16,17,18). The van der Waals surface area contributed by atoms with Gasteiger partial charge < -0.3 is 9.72 Å². The minimum atomic E-state index is -0.0180. The first kappa shape index (κ1) is 11.9. The van der Waals surface area contributed by atoms with Crippen LogP contribution in [-0.4, -0.2) is 22.1 Å². The zero-order chi connectivity index (χ0) is 13.2. The lowest BCUT2D eigenvalue weighted by Gasteiger charge is -2.14. The number of methoxy groups -OCH3 is 1. The summed E-state index contributed by atoms with van der Waals surface area (Å²) in [6.07, 6.45) is 5.55. The van der Waals surface area contributed by atoms with Gasteiger partial charge in [0, 0.05) is 23.4 Å². The number of hydrogen-bond acceptors (Lipinski definition) is 4. The average molecular weight is 257 g/mol. The van der Waals surface area contributed by atoms with Crippen molar-refractivity contribution < 1.29 is 4.74 Å². The minimum Gasteiger partial charge on any atom is -0.481 e. The highest BCUT2D eigenvalue weighted by Gasteiger charge is 2.16. The molecule has 2 heterocycles. The van der Waals surface area contributed by atoms with E-state index in [4.69, 9.17) is 4.74 Å². The lowest BCUT2D eigenvalue weighted by Crippen LogP contribution is -2.21. The van der Waals surface area contributed by atoms with Crippen LogP contribution in [0.4, 0.5) is 0 Å². The van der Waals surface area contributed by atoms with Crippen LogP contribution in [-0.2, 0) is 12.8 Å². The molecule has 3 rings (SSSR count). The second-order valence-corrected chi connectivity index (χ2v) is 4.64. The number of ether oxygens (including phenoxy) is 1. The first-order valence-electron chi connectivity index (χ1n) is 6.40. The van der Waals surface area contributed by atoms with Crippen molar-refractivity contribution in [2.24, 2.45) is 0 Å². The molecule has 1 aliphatic carbocycles. The molecule has 0 aliphatic heterocycles. The lowest BCUT2D eigenvalue weighted by molar-refractivity contribution is 0.398. The van der Waals surface area contributed by atoms with Gasteiger partial charge in [-0.2, -0.15) is 0 Å². The van der Waals surface area contributed by atoms with Gasteiger partial charge in [0.25, 0.3) is 5.56 Å². The molecule has 0 radical (unpaired) electrons.